The summed E-state index contributed by atoms with van der Waals surface area (Å²) in [6, 6.07) is 9.28. The van der Waals surface area contributed by atoms with Crippen molar-refractivity contribution >= 4 is 17.1 Å². The summed E-state index contributed by atoms with van der Waals surface area (Å²) in [6.07, 6.45) is 0. The van der Waals surface area contributed by atoms with Crippen LogP contribution in [0.25, 0.3) is 22.6 Å². The molecule has 3 aromatic rings. The molecule has 1 aromatic heterocycles. The fourth-order valence-corrected chi connectivity index (χ4v) is 2.03. The van der Waals surface area contributed by atoms with Crippen molar-refractivity contribution in [2.45, 2.75) is 6.92 Å². The van der Waals surface area contributed by atoms with E-state index in [-0.39, 0.29) is 22.5 Å². The molecule has 0 amide bonds. The van der Waals surface area contributed by atoms with Crippen molar-refractivity contribution in [2.75, 3.05) is 0 Å². The molecule has 0 saturated heterocycles. The summed E-state index contributed by atoms with van der Waals surface area (Å²) in [5, 5.41) is 9.10. The largest absolute Gasteiger partial charge is 0.478 e. The van der Waals surface area contributed by atoms with E-state index in [1.807, 2.05) is 0 Å². The summed E-state index contributed by atoms with van der Waals surface area (Å²) < 4.78 is 19.4. The molecule has 1 heterocycles. The van der Waals surface area contributed by atoms with Crippen LogP contribution in [0, 0.1) is 12.7 Å². The number of aryl methyl sites for hydroxylation is 1. The number of halogens is 1. The predicted molar refractivity (Wildman–Crippen MR) is 71.1 cm³/mol. The molecule has 4 nitrogen and oxygen atoms in total. The Balaban J connectivity index is 2.23. The number of aromatic carboxylic acids is 1. The fourth-order valence-electron chi connectivity index (χ4n) is 2.03. The second-order valence-corrected chi connectivity index (χ2v) is 4.46. The number of rotatable bonds is 2. The molecule has 3 rings (SSSR count). The lowest BCUT2D eigenvalue weighted by molar-refractivity contribution is 0.0699. The number of fused-ring (bicyclic) bond motifs is 1. The second-order valence-electron chi connectivity index (χ2n) is 4.46. The second kappa shape index (κ2) is 4.45. The Kier molecular flexibility index (Phi) is 2.75. The molecule has 0 spiro atoms. The molecule has 100 valence electrons. The zero-order valence-corrected chi connectivity index (χ0v) is 10.6. The minimum atomic E-state index is -1.10. The summed E-state index contributed by atoms with van der Waals surface area (Å²) in [6.45, 7) is 1.78. The molecule has 0 fully saturated rings. The van der Waals surface area contributed by atoms with Crippen LogP contribution in [0.1, 0.15) is 15.9 Å². The van der Waals surface area contributed by atoms with E-state index in [2.05, 4.69) is 4.98 Å². The van der Waals surface area contributed by atoms with Gasteiger partial charge < -0.3 is 9.52 Å². The lowest BCUT2D eigenvalue weighted by atomic mass is 10.1. The highest BCUT2D eigenvalue weighted by Crippen LogP contribution is 2.28. The van der Waals surface area contributed by atoms with Crippen LogP contribution in [0.3, 0.4) is 0 Å². The molecule has 0 aliphatic heterocycles. The van der Waals surface area contributed by atoms with Crippen molar-refractivity contribution in [3.8, 4) is 11.5 Å². The monoisotopic (exact) mass is 271 g/mol. The molecule has 0 bridgehead atoms. The van der Waals surface area contributed by atoms with Crippen molar-refractivity contribution in [1.29, 1.82) is 0 Å². The van der Waals surface area contributed by atoms with Crippen LogP contribution in [0.2, 0.25) is 0 Å². The minimum Gasteiger partial charge on any atom is -0.478 e. The predicted octanol–water partition coefficient (Wildman–Crippen LogP) is 3.64. The van der Waals surface area contributed by atoms with Gasteiger partial charge in [-0.05, 0) is 36.8 Å². The average molecular weight is 271 g/mol. The molecular weight excluding hydrogens is 261 g/mol. The average Bonchev–Trinajstić information content (AvgIpc) is 2.81. The van der Waals surface area contributed by atoms with Crippen molar-refractivity contribution in [2.24, 2.45) is 0 Å². The van der Waals surface area contributed by atoms with Crippen LogP contribution in [0.5, 0.6) is 0 Å². The zero-order valence-electron chi connectivity index (χ0n) is 10.6. The quantitative estimate of drug-likeness (QED) is 0.772. The van der Waals surface area contributed by atoms with Gasteiger partial charge in [0.15, 0.2) is 5.58 Å². The molecule has 1 N–H and O–H groups in total. The Morgan fingerprint density at radius 2 is 2.10 bits per heavy atom. The minimum absolute atomic E-state index is 0.0324. The van der Waals surface area contributed by atoms with E-state index in [1.165, 1.54) is 12.1 Å². The smallest absolute Gasteiger partial charge is 0.338 e. The Labute approximate surface area is 113 Å². The van der Waals surface area contributed by atoms with E-state index < -0.39 is 11.8 Å². The van der Waals surface area contributed by atoms with Crippen molar-refractivity contribution in [3.63, 3.8) is 0 Å². The number of para-hydroxylation sites is 1. The number of carboxylic acids is 1. The molecule has 0 aliphatic carbocycles. The standard InChI is InChI=1S/C15H10FNO3/c1-8-5-6-9(11(16)7-8)14-17-13-10(15(18)19)3-2-4-12(13)20-14/h2-7H,1H3,(H,18,19). The number of hydrogen-bond donors (Lipinski definition) is 1. The highest BCUT2D eigenvalue weighted by molar-refractivity contribution is 6.00. The van der Waals surface area contributed by atoms with Gasteiger partial charge in [0.25, 0.3) is 0 Å². The third-order valence-corrected chi connectivity index (χ3v) is 3.00. The van der Waals surface area contributed by atoms with Crippen LogP contribution in [-0.2, 0) is 0 Å². The SMILES string of the molecule is Cc1ccc(-c2nc3c(C(=O)O)cccc3o2)c(F)c1. The first kappa shape index (κ1) is 12.3. The normalized spacial score (nSPS) is 10.9. The first-order valence-electron chi connectivity index (χ1n) is 5.95. The summed E-state index contributed by atoms with van der Waals surface area (Å²) >= 11 is 0. The van der Waals surface area contributed by atoms with Gasteiger partial charge in [0.05, 0.1) is 11.1 Å². The third kappa shape index (κ3) is 1.93. The van der Waals surface area contributed by atoms with Crippen LogP contribution in [0.4, 0.5) is 4.39 Å². The highest BCUT2D eigenvalue weighted by Gasteiger charge is 2.17. The molecule has 20 heavy (non-hydrogen) atoms. The molecule has 0 saturated carbocycles. The van der Waals surface area contributed by atoms with Gasteiger partial charge in [-0.1, -0.05) is 12.1 Å². The molecule has 0 atom stereocenters. The van der Waals surface area contributed by atoms with Crippen molar-refractivity contribution in [3.05, 3.63) is 53.3 Å². The number of benzene rings is 2. The van der Waals surface area contributed by atoms with Crippen molar-refractivity contribution in [1.82, 2.24) is 4.98 Å². The van der Waals surface area contributed by atoms with Gasteiger partial charge in [-0.2, -0.15) is 0 Å². The topological polar surface area (TPSA) is 63.3 Å². The maximum atomic E-state index is 13.9. The van der Waals surface area contributed by atoms with Gasteiger partial charge in [0, 0.05) is 0 Å². The molecular formula is C15H10FNO3. The van der Waals surface area contributed by atoms with Gasteiger partial charge in [-0.15, -0.1) is 0 Å². The maximum absolute atomic E-state index is 13.9. The molecule has 0 unspecified atom stereocenters. The van der Waals surface area contributed by atoms with Crippen LogP contribution >= 0.6 is 0 Å². The maximum Gasteiger partial charge on any atom is 0.338 e. The molecule has 0 radical (unpaired) electrons. The van der Waals surface area contributed by atoms with Crippen LogP contribution in [-0.4, -0.2) is 16.1 Å². The van der Waals surface area contributed by atoms with E-state index in [0.717, 1.165) is 5.56 Å². The van der Waals surface area contributed by atoms with Gasteiger partial charge in [0.2, 0.25) is 5.89 Å². The highest BCUT2D eigenvalue weighted by atomic mass is 19.1. The Morgan fingerprint density at radius 1 is 1.30 bits per heavy atom. The van der Waals surface area contributed by atoms with E-state index >= 15 is 0 Å². The summed E-state index contributed by atoms with van der Waals surface area (Å²) in [7, 11) is 0. The van der Waals surface area contributed by atoms with Gasteiger partial charge in [-0.25, -0.2) is 14.2 Å². The fraction of sp³-hybridized carbons (Fsp3) is 0.0667. The molecule has 0 aliphatic rings. The first-order valence-corrected chi connectivity index (χ1v) is 5.95. The van der Waals surface area contributed by atoms with Gasteiger partial charge in [0.1, 0.15) is 11.3 Å². The van der Waals surface area contributed by atoms with Crippen molar-refractivity contribution < 1.29 is 18.7 Å². The van der Waals surface area contributed by atoms with Gasteiger partial charge >= 0.3 is 5.97 Å². The zero-order chi connectivity index (χ0) is 14.3. The third-order valence-electron chi connectivity index (χ3n) is 3.00. The Hall–Kier alpha value is -2.69. The number of carboxylic acid groups (broad SMARTS) is 1. The summed E-state index contributed by atoms with van der Waals surface area (Å²) in [5.74, 6) is -1.47. The number of oxazole rings is 1. The van der Waals surface area contributed by atoms with Gasteiger partial charge in [-0.3, -0.25) is 0 Å². The number of carbonyl (C=O) groups is 1. The van der Waals surface area contributed by atoms with Crippen LogP contribution in [0.15, 0.2) is 40.8 Å². The summed E-state index contributed by atoms with van der Waals surface area (Å²) in [5.41, 5.74) is 1.57. The van der Waals surface area contributed by atoms with E-state index in [4.69, 9.17) is 9.52 Å². The van der Waals surface area contributed by atoms with E-state index in [1.54, 1.807) is 31.2 Å². The lowest BCUT2D eigenvalue weighted by Gasteiger charge is -1.98. The Morgan fingerprint density at radius 3 is 2.80 bits per heavy atom. The number of aromatic nitrogens is 1. The Bertz CT molecular complexity index is 823. The van der Waals surface area contributed by atoms with E-state index in [9.17, 15) is 9.18 Å². The lowest BCUT2D eigenvalue weighted by Crippen LogP contribution is -1.96. The van der Waals surface area contributed by atoms with E-state index in [0.29, 0.717) is 5.58 Å². The number of nitrogens with zero attached hydrogens (tertiary/aromatic N) is 1. The van der Waals surface area contributed by atoms with Crippen LogP contribution < -0.4 is 0 Å². The molecule has 2 aromatic carbocycles. The number of hydrogen-bond acceptors (Lipinski definition) is 3. The summed E-state index contributed by atoms with van der Waals surface area (Å²) in [4.78, 5) is 15.2. The first-order chi connectivity index (χ1) is 9.56. The molecule has 5 heteroatoms.